The molecule has 0 spiro atoms. The van der Waals surface area contributed by atoms with E-state index in [1.807, 2.05) is 0 Å². The largest absolute Gasteiger partial charge is 0.481 e. The number of carbonyl (C=O) groups is 1. The van der Waals surface area contributed by atoms with Gasteiger partial charge >= 0.3 is 12.1 Å². The molecule has 6 heteroatoms. The van der Waals surface area contributed by atoms with Crippen LogP contribution in [0.4, 0.5) is 13.2 Å². The summed E-state index contributed by atoms with van der Waals surface area (Å²) in [6.07, 6.45) is -2.49. The SMILES string of the molecule is O=C(O)C1CCC2CC1CN2CC(F)(F)F. The van der Waals surface area contributed by atoms with Crippen molar-refractivity contribution in [2.75, 3.05) is 13.1 Å². The van der Waals surface area contributed by atoms with Crippen molar-refractivity contribution in [2.45, 2.75) is 31.5 Å². The third kappa shape index (κ3) is 2.31. The highest BCUT2D eigenvalue weighted by Gasteiger charge is 2.46. The Labute approximate surface area is 91.2 Å². The van der Waals surface area contributed by atoms with Gasteiger partial charge in [0.2, 0.25) is 0 Å². The number of rotatable bonds is 2. The maximum Gasteiger partial charge on any atom is 0.401 e. The second-order valence-electron chi connectivity index (χ2n) is 4.72. The van der Waals surface area contributed by atoms with Crippen molar-refractivity contribution in [1.29, 1.82) is 0 Å². The summed E-state index contributed by atoms with van der Waals surface area (Å²) in [5.74, 6) is -1.41. The monoisotopic (exact) mass is 237 g/mol. The van der Waals surface area contributed by atoms with E-state index in [0.717, 1.165) is 0 Å². The summed E-state index contributed by atoms with van der Waals surface area (Å²) in [6, 6.07) is -0.0674. The van der Waals surface area contributed by atoms with Crippen LogP contribution in [0.2, 0.25) is 0 Å². The van der Waals surface area contributed by atoms with Crippen LogP contribution in [0, 0.1) is 11.8 Å². The number of likely N-dealkylation sites (tertiary alicyclic amines) is 1. The number of alkyl halides is 3. The molecular weight excluding hydrogens is 223 g/mol. The normalized spacial score (nSPS) is 35.3. The van der Waals surface area contributed by atoms with Gasteiger partial charge in [-0.05, 0) is 25.2 Å². The average Bonchev–Trinajstić information content (AvgIpc) is 2.40. The fourth-order valence-electron chi connectivity index (χ4n) is 2.97. The molecule has 1 aliphatic heterocycles. The van der Waals surface area contributed by atoms with Crippen LogP contribution < -0.4 is 0 Å². The van der Waals surface area contributed by atoms with Gasteiger partial charge in [-0.25, -0.2) is 0 Å². The van der Waals surface area contributed by atoms with Crippen LogP contribution >= 0.6 is 0 Å². The van der Waals surface area contributed by atoms with Crippen LogP contribution in [0.15, 0.2) is 0 Å². The zero-order chi connectivity index (χ0) is 11.9. The standard InChI is InChI=1S/C10H14F3NO2/c11-10(12,13)5-14-4-6-3-7(14)1-2-8(6)9(15)16/h6-8H,1-5H2,(H,15,16). The number of halogens is 3. The van der Waals surface area contributed by atoms with Gasteiger partial charge in [-0.3, -0.25) is 9.69 Å². The first-order chi connectivity index (χ1) is 7.37. The number of carboxylic acids is 1. The summed E-state index contributed by atoms with van der Waals surface area (Å²) in [5, 5.41) is 8.94. The molecule has 1 saturated carbocycles. The van der Waals surface area contributed by atoms with Gasteiger partial charge in [-0.2, -0.15) is 13.2 Å². The predicted molar refractivity (Wildman–Crippen MR) is 49.9 cm³/mol. The van der Waals surface area contributed by atoms with Gasteiger partial charge in [0, 0.05) is 12.6 Å². The molecule has 0 radical (unpaired) electrons. The molecule has 0 aromatic rings. The van der Waals surface area contributed by atoms with E-state index in [1.54, 1.807) is 0 Å². The Morgan fingerprint density at radius 1 is 1.38 bits per heavy atom. The Kier molecular flexibility index (Phi) is 2.86. The van der Waals surface area contributed by atoms with Crippen LogP contribution in [-0.4, -0.2) is 41.3 Å². The molecule has 1 heterocycles. The van der Waals surface area contributed by atoms with Crippen LogP contribution in [0.1, 0.15) is 19.3 Å². The number of carboxylic acid groups (broad SMARTS) is 1. The number of fused-ring (bicyclic) bond motifs is 2. The van der Waals surface area contributed by atoms with Crippen molar-refractivity contribution in [3.63, 3.8) is 0 Å². The highest BCUT2D eigenvalue weighted by molar-refractivity contribution is 5.70. The van der Waals surface area contributed by atoms with E-state index < -0.39 is 24.6 Å². The van der Waals surface area contributed by atoms with E-state index in [-0.39, 0.29) is 18.5 Å². The summed E-state index contributed by atoms with van der Waals surface area (Å²) in [5.41, 5.74) is 0. The third-order valence-electron chi connectivity index (χ3n) is 3.64. The molecule has 0 aromatic heterocycles. The number of nitrogens with zero attached hydrogens (tertiary/aromatic N) is 1. The molecular formula is C10H14F3NO2. The highest BCUT2D eigenvalue weighted by atomic mass is 19.4. The number of hydrogen-bond acceptors (Lipinski definition) is 2. The van der Waals surface area contributed by atoms with Gasteiger partial charge in [0.05, 0.1) is 12.5 Å². The molecule has 92 valence electrons. The molecule has 3 atom stereocenters. The summed E-state index contributed by atoms with van der Waals surface area (Å²) in [6.45, 7) is -0.623. The molecule has 0 aromatic carbocycles. The van der Waals surface area contributed by atoms with Gasteiger partial charge in [-0.15, -0.1) is 0 Å². The predicted octanol–water partition coefficient (Wildman–Crippen LogP) is 1.73. The van der Waals surface area contributed by atoms with E-state index in [4.69, 9.17) is 5.11 Å². The molecule has 1 N–H and O–H groups in total. The van der Waals surface area contributed by atoms with Gasteiger partial charge in [0.1, 0.15) is 0 Å². The van der Waals surface area contributed by atoms with E-state index in [0.29, 0.717) is 19.3 Å². The van der Waals surface area contributed by atoms with Crippen molar-refractivity contribution < 1.29 is 23.1 Å². The van der Waals surface area contributed by atoms with Gasteiger partial charge in [-0.1, -0.05) is 0 Å². The molecule has 1 aliphatic carbocycles. The first kappa shape index (κ1) is 11.7. The lowest BCUT2D eigenvalue weighted by Gasteiger charge is -2.26. The fraction of sp³-hybridized carbons (Fsp3) is 0.900. The minimum atomic E-state index is -4.18. The second kappa shape index (κ2) is 3.91. The Morgan fingerprint density at radius 2 is 2.06 bits per heavy atom. The second-order valence-corrected chi connectivity index (χ2v) is 4.72. The first-order valence-electron chi connectivity index (χ1n) is 5.40. The zero-order valence-corrected chi connectivity index (χ0v) is 8.70. The van der Waals surface area contributed by atoms with Crippen LogP contribution in [-0.2, 0) is 4.79 Å². The minimum Gasteiger partial charge on any atom is -0.481 e. The van der Waals surface area contributed by atoms with Gasteiger partial charge in [0.25, 0.3) is 0 Å². The number of hydrogen-bond donors (Lipinski definition) is 1. The molecule has 0 amide bonds. The molecule has 1 saturated heterocycles. The molecule has 2 aliphatic rings. The van der Waals surface area contributed by atoms with Crippen LogP contribution in [0.5, 0.6) is 0 Å². The lowest BCUT2D eigenvalue weighted by Crippen LogP contribution is -2.37. The van der Waals surface area contributed by atoms with Crippen molar-refractivity contribution in [3.05, 3.63) is 0 Å². The third-order valence-corrected chi connectivity index (χ3v) is 3.64. The van der Waals surface area contributed by atoms with E-state index in [9.17, 15) is 18.0 Å². The van der Waals surface area contributed by atoms with Crippen LogP contribution in [0.3, 0.4) is 0 Å². The van der Waals surface area contributed by atoms with Crippen molar-refractivity contribution in [2.24, 2.45) is 11.8 Å². The molecule has 2 rings (SSSR count). The maximum atomic E-state index is 12.3. The topological polar surface area (TPSA) is 40.5 Å². The lowest BCUT2D eigenvalue weighted by atomic mass is 9.80. The summed E-state index contributed by atoms with van der Waals surface area (Å²) < 4.78 is 36.8. The Morgan fingerprint density at radius 3 is 2.62 bits per heavy atom. The average molecular weight is 237 g/mol. The molecule has 16 heavy (non-hydrogen) atoms. The van der Waals surface area contributed by atoms with Gasteiger partial charge < -0.3 is 5.11 Å². The van der Waals surface area contributed by atoms with Crippen molar-refractivity contribution in [1.82, 2.24) is 4.90 Å². The molecule has 3 nitrogen and oxygen atoms in total. The summed E-state index contributed by atoms with van der Waals surface area (Å²) >= 11 is 0. The Hall–Kier alpha value is -0.780. The smallest absolute Gasteiger partial charge is 0.401 e. The fourth-order valence-corrected chi connectivity index (χ4v) is 2.97. The zero-order valence-electron chi connectivity index (χ0n) is 8.70. The van der Waals surface area contributed by atoms with Crippen molar-refractivity contribution in [3.8, 4) is 0 Å². The first-order valence-corrected chi connectivity index (χ1v) is 5.40. The van der Waals surface area contributed by atoms with Gasteiger partial charge in [0.15, 0.2) is 0 Å². The summed E-state index contributed by atoms with van der Waals surface area (Å²) in [4.78, 5) is 12.3. The Balaban J connectivity index is 2.00. The number of aliphatic carboxylic acids is 1. The molecule has 3 unspecified atom stereocenters. The molecule has 2 bridgehead atoms. The lowest BCUT2D eigenvalue weighted by molar-refractivity contribution is -0.147. The quantitative estimate of drug-likeness (QED) is 0.795. The Bertz CT molecular complexity index is 292. The van der Waals surface area contributed by atoms with Crippen molar-refractivity contribution >= 4 is 5.97 Å². The maximum absolute atomic E-state index is 12.3. The van der Waals surface area contributed by atoms with E-state index in [1.165, 1.54) is 4.90 Å². The molecule has 2 fully saturated rings. The van der Waals surface area contributed by atoms with Crippen LogP contribution in [0.25, 0.3) is 0 Å². The van der Waals surface area contributed by atoms with E-state index in [2.05, 4.69) is 0 Å². The van der Waals surface area contributed by atoms with E-state index >= 15 is 0 Å². The summed E-state index contributed by atoms with van der Waals surface area (Å²) in [7, 11) is 0. The highest BCUT2D eigenvalue weighted by Crippen LogP contribution is 2.40. The minimum absolute atomic E-state index is 0.0674.